The molecule has 0 unspecified atom stereocenters. The van der Waals surface area contributed by atoms with Crippen molar-refractivity contribution >= 4 is 39.1 Å². The fourth-order valence-electron chi connectivity index (χ4n) is 1.48. The van der Waals surface area contributed by atoms with E-state index in [-0.39, 0.29) is 10.7 Å². The number of carbonyl (C=O) groups is 1. The Balaban J connectivity index is 2.33. The third-order valence-corrected chi connectivity index (χ3v) is 3.28. The standard InChI is InChI=1S/C13H6BrClF3NO/c14-6-1-3-8(15)10(5-6)19-13(20)7-2-4-9(16)12(18)11(7)17/h1-5H,(H,19,20). The molecule has 0 fully saturated rings. The minimum atomic E-state index is -1.70. The van der Waals surface area contributed by atoms with E-state index < -0.39 is 28.9 Å². The van der Waals surface area contributed by atoms with Crippen LogP contribution in [0.3, 0.4) is 0 Å². The highest BCUT2D eigenvalue weighted by Gasteiger charge is 2.19. The van der Waals surface area contributed by atoms with E-state index in [0.717, 1.165) is 6.07 Å². The Bertz CT molecular complexity index is 694. The van der Waals surface area contributed by atoms with Crippen LogP contribution in [0.25, 0.3) is 0 Å². The van der Waals surface area contributed by atoms with E-state index in [4.69, 9.17) is 11.6 Å². The number of hydrogen-bond donors (Lipinski definition) is 1. The molecule has 0 heterocycles. The van der Waals surface area contributed by atoms with Crippen LogP contribution in [0.4, 0.5) is 18.9 Å². The Hall–Kier alpha value is -1.53. The van der Waals surface area contributed by atoms with E-state index in [1.54, 1.807) is 6.07 Å². The van der Waals surface area contributed by atoms with Gasteiger partial charge in [-0.3, -0.25) is 4.79 Å². The topological polar surface area (TPSA) is 29.1 Å². The molecule has 0 saturated carbocycles. The maximum absolute atomic E-state index is 13.5. The van der Waals surface area contributed by atoms with E-state index in [1.807, 2.05) is 0 Å². The predicted molar refractivity (Wildman–Crippen MR) is 73.4 cm³/mol. The molecule has 0 atom stereocenters. The number of nitrogens with one attached hydrogen (secondary N) is 1. The Morgan fingerprint density at radius 1 is 1.10 bits per heavy atom. The van der Waals surface area contributed by atoms with Crippen molar-refractivity contribution in [3.63, 3.8) is 0 Å². The second-order valence-corrected chi connectivity index (χ2v) is 5.12. The Morgan fingerprint density at radius 3 is 2.50 bits per heavy atom. The van der Waals surface area contributed by atoms with Crippen molar-refractivity contribution in [1.29, 1.82) is 0 Å². The molecule has 7 heteroatoms. The molecule has 0 aliphatic carbocycles. The molecule has 0 bridgehead atoms. The van der Waals surface area contributed by atoms with Crippen molar-refractivity contribution < 1.29 is 18.0 Å². The van der Waals surface area contributed by atoms with Gasteiger partial charge in [0.15, 0.2) is 17.5 Å². The number of rotatable bonds is 2. The van der Waals surface area contributed by atoms with Crippen LogP contribution in [-0.2, 0) is 0 Å². The second kappa shape index (κ2) is 5.85. The molecule has 1 amide bonds. The van der Waals surface area contributed by atoms with Gasteiger partial charge in [-0.25, -0.2) is 13.2 Å². The number of carbonyl (C=O) groups excluding carboxylic acids is 1. The lowest BCUT2D eigenvalue weighted by atomic mass is 10.1. The summed E-state index contributed by atoms with van der Waals surface area (Å²) in [7, 11) is 0. The predicted octanol–water partition coefficient (Wildman–Crippen LogP) is 4.77. The average Bonchev–Trinajstić information content (AvgIpc) is 2.40. The Morgan fingerprint density at radius 2 is 1.80 bits per heavy atom. The van der Waals surface area contributed by atoms with Crippen molar-refractivity contribution in [2.24, 2.45) is 0 Å². The fourth-order valence-corrected chi connectivity index (χ4v) is 2.01. The van der Waals surface area contributed by atoms with Crippen LogP contribution in [0, 0.1) is 17.5 Å². The molecule has 1 N–H and O–H groups in total. The van der Waals surface area contributed by atoms with Crippen molar-refractivity contribution in [2.45, 2.75) is 0 Å². The zero-order valence-corrected chi connectivity index (χ0v) is 12.0. The smallest absolute Gasteiger partial charge is 0.258 e. The van der Waals surface area contributed by atoms with Crippen LogP contribution in [0.15, 0.2) is 34.8 Å². The van der Waals surface area contributed by atoms with E-state index in [2.05, 4.69) is 21.2 Å². The van der Waals surface area contributed by atoms with Crippen molar-refractivity contribution in [2.75, 3.05) is 5.32 Å². The summed E-state index contributed by atoms with van der Waals surface area (Å²) in [6, 6.07) is 6.20. The van der Waals surface area contributed by atoms with E-state index in [1.165, 1.54) is 12.1 Å². The average molecular weight is 365 g/mol. The monoisotopic (exact) mass is 363 g/mol. The van der Waals surface area contributed by atoms with Gasteiger partial charge < -0.3 is 5.32 Å². The van der Waals surface area contributed by atoms with Crippen molar-refractivity contribution in [1.82, 2.24) is 0 Å². The quantitative estimate of drug-likeness (QED) is 0.764. The van der Waals surface area contributed by atoms with Crippen LogP contribution in [0.5, 0.6) is 0 Å². The summed E-state index contributed by atoms with van der Waals surface area (Å²) in [6.45, 7) is 0. The highest BCUT2D eigenvalue weighted by molar-refractivity contribution is 9.10. The maximum Gasteiger partial charge on any atom is 0.258 e. The highest BCUT2D eigenvalue weighted by atomic mass is 79.9. The van der Waals surface area contributed by atoms with Crippen molar-refractivity contribution in [3.8, 4) is 0 Å². The molecule has 2 rings (SSSR count). The zero-order valence-electron chi connectivity index (χ0n) is 9.68. The molecule has 0 aliphatic heterocycles. The number of hydrogen-bond acceptors (Lipinski definition) is 1. The second-order valence-electron chi connectivity index (χ2n) is 3.80. The molecule has 0 aliphatic rings. The molecule has 2 aromatic rings. The van der Waals surface area contributed by atoms with Gasteiger partial charge in [0, 0.05) is 4.47 Å². The van der Waals surface area contributed by atoms with Gasteiger partial charge in [-0.05, 0) is 30.3 Å². The Kier molecular flexibility index (Phi) is 4.35. The number of anilines is 1. The lowest BCUT2D eigenvalue weighted by Gasteiger charge is -2.09. The molecule has 0 spiro atoms. The third-order valence-electron chi connectivity index (χ3n) is 2.46. The minimum absolute atomic E-state index is 0.218. The summed E-state index contributed by atoms with van der Waals surface area (Å²) >= 11 is 9.05. The molecule has 2 aromatic carbocycles. The van der Waals surface area contributed by atoms with Gasteiger partial charge in [0.05, 0.1) is 16.3 Å². The summed E-state index contributed by atoms with van der Waals surface area (Å²) in [6.07, 6.45) is 0. The summed E-state index contributed by atoms with van der Waals surface area (Å²) in [4.78, 5) is 11.8. The van der Waals surface area contributed by atoms with Gasteiger partial charge in [0.1, 0.15) is 0 Å². The molecule has 0 saturated heterocycles. The zero-order chi connectivity index (χ0) is 14.9. The summed E-state index contributed by atoms with van der Waals surface area (Å²) in [5, 5.41) is 2.55. The molecular weight excluding hydrogens is 358 g/mol. The van der Waals surface area contributed by atoms with Crippen LogP contribution in [0.1, 0.15) is 10.4 Å². The molecule has 0 aromatic heterocycles. The van der Waals surface area contributed by atoms with E-state index >= 15 is 0 Å². The highest BCUT2D eigenvalue weighted by Crippen LogP contribution is 2.26. The summed E-state index contributed by atoms with van der Waals surface area (Å²) in [5.41, 5.74) is -0.393. The first-order valence-corrected chi connectivity index (χ1v) is 6.47. The molecule has 104 valence electrons. The van der Waals surface area contributed by atoms with Crippen LogP contribution >= 0.6 is 27.5 Å². The first-order chi connectivity index (χ1) is 9.40. The van der Waals surface area contributed by atoms with Gasteiger partial charge in [0.2, 0.25) is 0 Å². The first-order valence-electron chi connectivity index (χ1n) is 5.30. The largest absolute Gasteiger partial charge is 0.321 e. The van der Waals surface area contributed by atoms with E-state index in [0.29, 0.717) is 10.5 Å². The van der Waals surface area contributed by atoms with Crippen molar-refractivity contribution in [3.05, 3.63) is 62.8 Å². The maximum atomic E-state index is 13.5. The molecular formula is C13H6BrClF3NO. The van der Waals surface area contributed by atoms with Crippen LogP contribution in [0.2, 0.25) is 5.02 Å². The SMILES string of the molecule is O=C(Nc1cc(Br)ccc1Cl)c1ccc(F)c(F)c1F. The fraction of sp³-hybridized carbons (Fsp3) is 0. The van der Waals surface area contributed by atoms with Gasteiger partial charge in [-0.2, -0.15) is 0 Å². The number of halogens is 5. The Labute approximate surface area is 125 Å². The first kappa shape index (κ1) is 14.9. The molecule has 2 nitrogen and oxygen atoms in total. The lowest BCUT2D eigenvalue weighted by Crippen LogP contribution is -2.15. The van der Waals surface area contributed by atoms with Gasteiger partial charge in [-0.1, -0.05) is 27.5 Å². The minimum Gasteiger partial charge on any atom is -0.321 e. The van der Waals surface area contributed by atoms with Crippen LogP contribution in [-0.4, -0.2) is 5.91 Å². The van der Waals surface area contributed by atoms with Crippen LogP contribution < -0.4 is 5.32 Å². The third kappa shape index (κ3) is 2.96. The van der Waals surface area contributed by atoms with Gasteiger partial charge in [0.25, 0.3) is 5.91 Å². The lowest BCUT2D eigenvalue weighted by molar-refractivity contribution is 0.102. The number of benzene rings is 2. The normalized spacial score (nSPS) is 10.4. The summed E-state index contributed by atoms with van der Waals surface area (Å²) < 4.78 is 40.0. The van der Waals surface area contributed by atoms with E-state index in [9.17, 15) is 18.0 Å². The van der Waals surface area contributed by atoms with Gasteiger partial charge >= 0.3 is 0 Å². The molecule has 20 heavy (non-hydrogen) atoms. The molecule has 0 radical (unpaired) electrons. The van der Waals surface area contributed by atoms with Gasteiger partial charge in [-0.15, -0.1) is 0 Å². The summed E-state index contributed by atoms with van der Waals surface area (Å²) in [5.74, 6) is -5.53. The number of amides is 1.